The number of amides is 2. The highest BCUT2D eigenvalue weighted by molar-refractivity contribution is 6.08. The second-order valence-electron chi connectivity index (χ2n) is 9.62. The number of benzene rings is 2. The van der Waals surface area contributed by atoms with E-state index in [0.29, 0.717) is 11.3 Å². The molecule has 0 saturated heterocycles. The third-order valence-corrected chi connectivity index (χ3v) is 7.69. The summed E-state index contributed by atoms with van der Waals surface area (Å²) < 4.78 is 0. The van der Waals surface area contributed by atoms with E-state index in [-0.39, 0.29) is 17.2 Å². The molecule has 4 atom stereocenters. The lowest BCUT2D eigenvalue weighted by Gasteiger charge is -2.36. The minimum absolute atomic E-state index is 0.159. The average molecular weight is 412 g/mol. The number of hydrogen-bond donors (Lipinski definition) is 2. The van der Waals surface area contributed by atoms with Gasteiger partial charge in [-0.3, -0.25) is 14.6 Å². The van der Waals surface area contributed by atoms with E-state index in [0.717, 1.165) is 53.6 Å². The summed E-state index contributed by atoms with van der Waals surface area (Å²) in [6.07, 6.45) is 7.53. The zero-order valence-electron chi connectivity index (χ0n) is 17.3. The first-order chi connectivity index (χ1) is 15.1. The maximum absolute atomic E-state index is 13.1. The zero-order chi connectivity index (χ0) is 21.0. The highest BCUT2D eigenvalue weighted by atomic mass is 16.2. The molecule has 4 fully saturated rings. The van der Waals surface area contributed by atoms with Crippen molar-refractivity contribution < 1.29 is 9.59 Å². The summed E-state index contributed by atoms with van der Waals surface area (Å²) in [4.78, 5) is 30.2. The van der Waals surface area contributed by atoms with Crippen molar-refractivity contribution >= 4 is 34.1 Å². The average Bonchev–Trinajstić information content (AvgIpc) is 3.21. The molecule has 5 nitrogen and oxygen atoms in total. The molecule has 2 amide bonds. The molecule has 2 N–H and O–H groups in total. The summed E-state index contributed by atoms with van der Waals surface area (Å²) in [6.45, 7) is 0. The number of carbonyl (C=O) groups excluding carboxylic acids is 2. The van der Waals surface area contributed by atoms with E-state index in [4.69, 9.17) is 0 Å². The third-order valence-electron chi connectivity index (χ3n) is 7.69. The summed E-state index contributed by atoms with van der Waals surface area (Å²) in [5.41, 5.74) is 2.59. The fraction of sp³-hybridized carbons (Fsp3) is 0.346. The number of aromatic nitrogens is 1. The fourth-order valence-electron chi connectivity index (χ4n) is 6.46. The van der Waals surface area contributed by atoms with E-state index >= 15 is 0 Å². The van der Waals surface area contributed by atoms with E-state index in [1.807, 2.05) is 42.5 Å². The van der Waals surface area contributed by atoms with Crippen molar-refractivity contribution in [3.05, 3.63) is 66.4 Å². The van der Waals surface area contributed by atoms with Gasteiger partial charge in [0, 0.05) is 22.8 Å². The second kappa shape index (κ2) is 6.91. The molecule has 5 heteroatoms. The van der Waals surface area contributed by atoms with Crippen LogP contribution in [-0.4, -0.2) is 16.8 Å². The Kier molecular flexibility index (Phi) is 4.13. The van der Waals surface area contributed by atoms with Crippen LogP contribution in [0, 0.1) is 23.2 Å². The van der Waals surface area contributed by atoms with Crippen molar-refractivity contribution in [3.63, 3.8) is 0 Å². The lowest BCUT2D eigenvalue weighted by Crippen LogP contribution is -2.39. The molecule has 1 heterocycles. The fourth-order valence-corrected chi connectivity index (χ4v) is 6.46. The number of para-hydroxylation sites is 1. The molecule has 0 aliphatic heterocycles. The molecule has 1 aromatic heterocycles. The highest BCUT2D eigenvalue weighted by Gasteiger charge is 2.59. The molecule has 4 aliphatic carbocycles. The van der Waals surface area contributed by atoms with Crippen LogP contribution in [0.5, 0.6) is 0 Å². The van der Waals surface area contributed by atoms with Crippen LogP contribution in [0.15, 0.2) is 60.8 Å². The predicted octanol–water partition coefficient (Wildman–Crippen LogP) is 5.25. The van der Waals surface area contributed by atoms with Gasteiger partial charge in [-0.2, -0.15) is 0 Å². The largest absolute Gasteiger partial charge is 0.326 e. The van der Waals surface area contributed by atoms with Gasteiger partial charge in [0.2, 0.25) is 5.91 Å². The van der Waals surface area contributed by atoms with Gasteiger partial charge in [-0.25, -0.2) is 0 Å². The lowest BCUT2D eigenvalue weighted by atomic mass is 9.69. The lowest BCUT2D eigenvalue weighted by molar-refractivity contribution is -0.128. The Balaban J connectivity index is 1.15. The topological polar surface area (TPSA) is 71.1 Å². The number of carbonyl (C=O) groups is 2. The van der Waals surface area contributed by atoms with Crippen molar-refractivity contribution in [1.29, 1.82) is 0 Å². The highest BCUT2D eigenvalue weighted by Crippen LogP contribution is 2.64. The molecule has 0 radical (unpaired) electrons. The van der Waals surface area contributed by atoms with Crippen LogP contribution in [0.3, 0.4) is 0 Å². The standard InChI is InChI=1S/C26H25N3O2/c30-24(29-22-5-1-3-17-4-2-10-27-23(17)22)18-6-8-21(9-7-18)28-25(31)26-13-16-11-19(14-26)20(12-16)15-26/h1-10,16,19-20H,11-15H2,(H,28,31)(H,29,30)/t16?,19-,20+,26?. The molecule has 2 aromatic carbocycles. The summed E-state index contributed by atoms with van der Waals surface area (Å²) in [5.74, 6) is 2.25. The van der Waals surface area contributed by atoms with Crippen molar-refractivity contribution in [3.8, 4) is 0 Å². The van der Waals surface area contributed by atoms with E-state index in [1.54, 1.807) is 18.3 Å². The number of fused-ring (bicyclic) bond motifs is 1. The normalized spacial score (nSPS) is 28.1. The Labute approximate surface area is 181 Å². The van der Waals surface area contributed by atoms with Crippen LogP contribution < -0.4 is 10.6 Å². The molecule has 0 spiro atoms. The number of rotatable bonds is 4. The van der Waals surface area contributed by atoms with Gasteiger partial charge in [-0.1, -0.05) is 18.2 Å². The maximum atomic E-state index is 13.1. The Bertz CT molecular complexity index is 1160. The van der Waals surface area contributed by atoms with Gasteiger partial charge in [-0.15, -0.1) is 0 Å². The van der Waals surface area contributed by atoms with Gasteiger partial charge < -0.3 is 10.6 Å². The monoisotopic (exact) mass is 411 g/mol. The molecular weight excluding hydrogens is 386 g/mol. The first kappa shape index (κ1) is 18.6. The minimum atomic E-state index is -0.194. The molecule has 3 aromatic rings. The molecule has 156 valence electrons. The van der Waals surface area contributed by atoms with E-state index in [2.05, 4.69) is 15.6 Å². The first-order valence-corrected chi connectivity index (χ1v) is 11.2. The Morgan fingerprint density at radius 3 is 2.35 bits per heavy atom. The summed E-state index contributed by atoms with van der Waals surface area (Å²) in [5, 5.41) is 7.06. The molecule has 7 rings (SSSR count). The smallest absolute Gasteiger partial charge is 0.255 e. The third kappa shape index (κ3) is 3.11. The van der Waals surface area contributed by atoms with E-state index < -0.39 is 0 Å². The summed E-state index contributed by atoms with van der Waals surface area (Å²) >= 11 is 0. The molecule has 4 saturated carbocycles. The SMILES string of the molecule is O=C(Nc1cccc2cccnc12)c1ccc(NC(=O)C23CC4C[C@H](C2)[C@@H](C4)C3)cc1. The summed E-state index contributed by atoms with van der Waals surface area (Å²) in [7, 11) is 0. The van der Waals surface area contributed by atoms with Crippen molar-refractivity contribution in [2.45, 2.75) is 32.1 Å². The van der Waals surface area contributed by atoms with Crippen LogP contribution in [0.4, 0.5) is 11.4 Å². The van der Waals surface area contributed by atoms with Crippen LogP contribution in [-0.2, 0) is 4.79 Å². The molecular formula is C26H25N3O2. The van der Waals surface area contributed by atoms with Gasteiger partial charge >= 0.3 is 0 Å². The van der Waals surface area contributed by atoms with E-state index in [9.17, 15) is 9.59 Å². The van der Waals surface area contributed by atoms with Crippen LogP contribution in [0.1, 0.15) is 42.5 Å². The predicted molar refractivity (Wildman–Crippen MR) is 121 cm³/mol. The first-order valence-electron chi connectivity index (χ1n) is 11.2. The van der Waals surface area contributed by atoms with Gasteiger partial charge in [-0.05, 0) is 86.3 Å². The van der Waals surface area contributed by atoms with E-state index in [1.165, 1.54) is 12.8 Å². The Hall–Kier alpha value is -3.21. The maximum Gasteiger partial charge on any atom is 0.255 e. The second-order valence-corrected chi connectivity index (χ2v) is 9.62. The zero-order valence-corrected chi connectivity index (χ0v) is 17.3. The number of nitrogens with zero attached hydrogens (tertiary/aromatic N) is 1. The summed E-state index contributed by atoms with van der Waals surface area (Å²) in [6, 6.07) is 16.7. The van der Waals surface area contributed by atoms with Crippen LogP contribution >= 0.6 is 0 Å². The van der Waals surface area contributed by atoms with Gasteiger partial charge in [0.25, 0.3) is 5.91 Å². The quantitative estimate of drug-likeness (QED) is 0.616. The van der Waals surface area contributed by atoms with Crippen LogP contribution in [0.2, 0.25) is 0 Å². The van der Waals surface area contributed by atoms with Gasteiger partial charge in [0.05, 0.1) is 16.6 Å². The molecule has 31 heavy (non-hydrogen) atoms. The van der Waals surface area contributed by atoms with Gasteiger partial charge in [0.1, 0.15) is 0 Å². The van der Waals surface area contributed by atoms with Crippen LogP contribution in [0.25, 0.3) is 10.9 Å². The molecule has 4 bridgehead atoms. The van der Waals surface area contributed by atoms with Crippen molar-refractivity contribution in [2.75, 3.05) is 10.6 Å². The number of anilines is 2. The van der Waals surface area contributed by atoms with Crippen molar-refractivity contribution in [2.24, 2.45) is 23.2 Å². The number of hydrogen-bond acceptors (Lipinski definition) is 3. The molecule has 4 aliphatic rings. The number of nitrogens with one attached hydrogen (secondary N) is 2. The minimum Gasteiger partial charge on any atom is -0.326 e. The number of pyridine rings is 1. The van der Waals surface area contributed by atoms with Gasteiger partial charge in [0.15, 0.2) is 0 Å². The molecule has 2 unspecified atom stereocenters. The Morgan fingerprint density at radius 1 is 0.871 bits per heavy atom. The Morgan fingerprint density at radius 2 is 1.61 bits per heavy atom. The van der Waals surface area contributed by atoms with Crippen molar-refractivity contribution in [1.82, 2.24) is 4.98 Å².